The van der Waals surface area contributed by atoms with Crippen LogP contribution in [-0.4, -0.2) is 4.57 Å². The first-order valence-electron chi connectivity index (χ1n) is 18.5. The summed E-state index contributed by atoms with van der Waals surface area (Å²) < 4.78 is 2.43. The third kappa shape index (κ3) is 5.62. The van der Waals surface area contributed by atoms with Gasteiger partial charge in [0.15, 0.2) is 0 Å². The monoisotopic (exact) mass is 688 g/mol. The zero-order valence-electron chi connectivity index (χ0n) is 29.7. The molecule has 9 aromatic carbocycles. The van der Waals surface area contributed by atoms with Gasteiger partial charge in [-0.25, -0.2) is 0 Å². The molecule has 54 heavy (non-hydrogen) atoms. The van der Waals surface area contributed by atoms with E-state index < -0.39 is 0 Å². The van der Waals surface area contributed by atoms with Crippen LogP contribution in [0.5, 0.6) is 0 Å². The first kappa shape index (κ1) is 31.6. The molecule has 0 N–H and O–H groups in total. The summed E-state index contributed by atoms with van der Waals surface area (Å²) in [6, 6.07) is 78.8. The Balaban J connectivity index is 1.04. The van der Waals surface area contributed by atoms with Gasteiger partial charge in [0.1, 0.15) is 0 Å². The number of nitrogens with zero attached hydrogens (tertiary/aromatic N) is 2. The quantitative estimate of drug-likeness (QED) is 0.162. The van der Waals surface area contributed by atoms with Crippen molar-refractivity contribution < 1.29 is 0 Å². The minimum absolute atomic E-state index is 1.10. The summed E-state index contributed by atoms with van der Waals surface area (Å²) in [5.41, 5.74) is 14.1. The molecule has 1 heterocycles. The van der Waals surface area contributed by atoms with Gasteiger partial charge in [0.2, 0.25) is 0 Å². The molecule has 0 amide bonds. The number of hydrogen-bond acceptors (Lipinski definition) is 1. The average molecular weight is 689 g/mol. The molecule has 2 nitrogen and oxygen atoms in total. The summed E-state index contributed by atoms with van der Waals surface area (Å²) in [4.78, 5) is 2.33. The van der Waals surface area contributed by atoms with Crippen LogP contribution in [0, 0.1) is 0 Å². The minimum atomic E-state index is 1.10. The van der Waals surface area contributed by atoms with Gasteiger partial charge < -0.3 is 9.47 Å². The maximum atomic E-state index is 2.43. The fraction of sp³-hybridized carbons (Fsp3) is 0. The van der Waals surface area contributed by atoms with Gasteiger partial charge in [0, 0.05) is 33.4 Å². The van der Waals surface area contributed by atoms with Crippen molar-refractivity contribution in [1.29, 1.82) is 0 Å². The number of hydrogen-bond donors (Lipinski definition) is 0. The fourth-order valence-corrected chi connectivity index (χ4v) is 7.94. The van der Waals surface area contributed by atoms with Crippen molar-refractivity contribution in [2.24, 2.45) is 0 Å². The maximum absolute atomic E-state index is 2.43. The van der Waals surface area contributed by atoms with Crippen LogP contribution < -0.4 is 4.90 Å². The molecule has 254 valence electrons. The van der Waals surface area contributed by atoms with Gasteiger partial charge >= 0.3 is 0 Å². The average Bonchev–Trinajstić information content (AvgIpc) is 3.58. The lowest BCUT2D eigenvalue weighted by atomic mass is 10.0. The smallest absolute Gasteiger partial charge is 0.0541 e. The van der Waals surface area contributed by atoms with E-state index in [1.54, 1.807) is 0 Å². The minimum Gasteiger partial charge on any atom is -0.311 e. The van der Waals surface area contributed by atoms with E-state index in [9.17, 15) is 0 Å². The normalized spacial score (nSPS) is 11.3. The highest BCUT2D eigenvalue weighted by atomic mass is 15.1. The van der Waals surface area contributed by atoms with E-state index in [1.165, 1.54) is 66.0 Å². The lowest BCUT2D eigenvalue weighted by Gasteiger charge is -2.26. The Labute approximate surface area is 315 Å². The Hall–Kier alpha value is -7.16. The standard InChI is InChI=1S/C52H36N2/c1-3-13-37(14-4-1)43-29-34-52-49(36-43)48-20-10-12-22-51(48)54(52)50-21-11-9-19-47(50)40-27-32-46(33-28-40)53(44-17-5-2-6-18-44)45-30-25-39(26-31-45)42-24-23-38-15-7-8-16-41(38)35-42/h1-36H. The fourth-order valence-electron chi connectivity index (χ4n) is 7.94. The van der Waals surface area contributed by atoms with E-state index in [2.05, 4.69) is 228 Å². The van der Waals surface area contributed by atoms with Crippen molar-refractivity contribution in [3.63, 3.8) is 0 Å². The van der Waals surface area contributed by atoms with Gasteiger partial charge in [-0.3, -0.25) is 0 Å². The van der Waals surface area contributed by atoms with Crippen molar-refractivity contribution >= 4 is 49.6 Å². The molecular weight excluding hydrogens is 653 g/mol. The summed E-state index contributed by atoms with van der Waals surface area (Å²) in [5.74, 6) is 0. The molecule has 0 atom stereocenters. The van der Waals surface area contributed by atoms with Crippen LogP contribution in [0.3, 0.4) is 0 Å². The highest BCUT2D eigenvalue weighted by Crippen LogP contribution is 2.40. The van der Waals surface area contributed by atoms with Crippen LogP contribution in [0.25, 0.3) is 71.6 Å². The molecule has 1 aromatic heterocycles. The number of para-hydroxylation sites is 3. The van der Waals surface area contributed by atoms with Gasteiger partial charge in [-0.1, -0.05) is 152 Å². The zero-order valence-corrected chi connectivity index (χ0v) is 29.7. The van der Waals surface area contributed by atoms with Gasteiger partial charge in [0.25, 0.3) is 0 Å². The van der Waals surface area contributed by atoms with E-state index in [-0.39, 0.29) is 0 Å². The molecule has 0 saturated heterocycles. The number of benzene rings is 9. The molecule has 0 unspecified atom stereocenters. The second-order valence-electron chi connectivity index (χ2n) is 13.8. The Bertz CT molecular complexity index is 2910. The summed E-state index contributed by atoms with van der Waals surface area (Å²) in [6.45, 7) is 0. The van der Waals surface area contributed by atoms with Crippen LogP contribution in [0.1, 0.15) is 0 Å². The number of aromatic nitrogens is 1. The molecule has 10 aromatic rings. The van der Waals surface area contributed by atoms with E-state index >= 15 is 0 Å². The largest absolute Gasteiger partial charge is 0.311 e. The number of anilines is 3. The lowest BCUT2D eigenvalue weighted by molar-refractivity contribution is 1.18. The van der Waals surface area contributed by atoms with Crippen LogP contribution in [0.2, 0.25) is 0 Å². The van der Waals surface area contributed by atoms with Gasteiger partial charge in [-0.15, -0.1) is 0 Å². The van der Waals surface area contributed by atoms with Crippen LogP contribution in [-0.2, 0) is 0 Å². The lowest BCUT2D eigenvalue weighted by Crippen LogP contribution is -2.09. The Morgan fingerprint density at radius 1 is 0.296 bits per heavy atom. The molecule has 0 saturated carbocycles. The molecule has 2 heteroatoms. The van der Waals surface area contributed by atoms with Crippen molar-refractivity contribution in [2.75, 3.05) is 4.90 Å². The van der Waals surface area contributed by atoms with Crippen LogP contribution in [0.4, 0.5) is 17.1 Å². The molecule has 0 aliphatic rings. The maximum Gasteiger partial charge on any atom is 0.0541 e. The second-order valence-corrected chi connectivity index (χ2v) is 13.8. The molecule has 0 spiro atoms. The van der Waals surface area contributed by atoms with Gasteiger partial charge in [-0.2, -0.15) is 0 Å². The summed E-state index contributed by atoms with van der Waals surface area (Å²) in [7, 11) is 0. The van der Waals surface area contributed by atoms with Crippen molar-refractivity contribution in [3.8, 4) is 39.1 Å². The van der Waals surface area contributed by atoms with E-state index in [1.807, 2.05) is 0 Å². The third-order valence-corrected chi connectivity index (χ3v) is 10.6. The van der Waals surface area contributed by atoms with Crippen molar-refractivity contribution in [2.45, 2.75) is 0 Å². The molecule has 10 rings (SSSR count). The summed E-state index contributed by atoms with van der Waals surface area (Å²) in [6.07, 6.45) is 0. The first-order valence-corrected chi connectivity index (χ1v) is 18.5. The zero-order chi connectivity index (χ0) is 35.8. The third-order valence-electron chi connectivity index (χ3n) is 10.6. The highest BCUT2D eigenvalue weighted by molar-refractivity contribution is 6.11. The predicted octanol–water partition coefficient (Wildman–Crippen LogP) is 14.4. The van der Waals surface area contributed by atoms with Crippen molar-refractivity contribution in [1.82, 2.24) is 4.57 Å². The molecule has 0 aliphatic heterocycles. The van der Waals surface area contributed by atoms with Crippen LogP contribution >= 0.6 is 0 Å². The Morgan fingerprint density at radius 3 is 1.59 bits per heavy atom. The SMILES string of the molecule is c1ccc(-c2ccc3c(c2)c2ccccc2n3-c2ccccc2-c2ccc(N(c3ccccc3)c3ccc(-c4ccc5ccccc5c4)cc3)cc2)cc1. The van der Waals surface area contributed by atoms with E-state index in [4.69, 9.17) is 0 Å². The predicted molar refractivity (Wildman–Crippen MR) is 229 cm³/mol. The molecule has 0 fully saturated rings. The Morgan fingerprint density at radius 2 is 0.815 bits per heavy atom. The number of fused-ring (bicyclic) bond motifs is 4. The second kappa shape index (κ2) is 13.4. The van der Waals surface area contributed by atoms with Crippen molar-refractivity contribution in [3.05, 3.63) is 218 Å². The van der Waals surface area contributed by atoms with Gasteiger partial charge in [0.05, 0.1) is 16.7 Å². The number of rotatable bonds is 7. The molecule has 0 aliphatic carbocycles. The molecular formula is C52H36N2. The van der Waals surface area contributed by atoms with Crippen LogP contribution in [0.15, 0.2) is 218 Å². The Kier molecular flexibility index (Phi) is 7.85. The summed E-state index contributed by atoms with van der Waals surface area (Å²) >= 11 is 0. The van der Waals surface area contributed by atoms with E-state index in [0.29, 0.717) is 0 Å². The van der Waals surface area contributed by atoms with Gasteiger partial charge in [-0.05, 0) is 105 Å². The molecule has 0 radical (unpaired) electrons. The first-order chi connectivity index (χ1) is 26.8. The van der Waals surface area contributed by atoms with E-state index in [0.717, 1.165) is 22.7 Å². The summed E-state index contributed by atoms with van der Waals surface area (Å²) in [5, 5.41) is 5.01. The molecule has 0 bridgehead atoms. The topological polar surface area (TPSA) is 8.17 Å². The highest BCUT2D eigenvalue weighted by Gasteiger charge is 2.17.